The van der Waals surface area contributed by atoms with Gasteiger partial charge in [-0.25, -0.2) is 0 Å². The van der Waals surface area contributed by atoms with Crippen molar-refractivity contribution in [1.29, 1.82) is 0 Å². The number of anilines is 1. The molecule has 0 spiro atoms. The molecule has 0 amide bonds. The Morgan fingerprint density at radius 3 is 2.56 bits per heavy atom. The van der Waals surface area contributed by atoms with Crippen molar-refractivity contribution in [1.82, 2.24) is 0 Å². The summed E-state index contributed by atoms with van der Waals surface area (Å²) in [4.78, 5) is 12.6. The van der Waals surface area contributed by atoms with Gasteiger partial charge in [0.05, 0.1) is 5.02 Å². The number of esters is 1. The molecule has 0 fully saturated rings. The van der Waals surface area contributed by atoms with Crippen molar-refractivity contribution in [3.63, 3.8) is 0 Å². The minimum Gasteiger partial charge on any atom is -0.459 e. The lowest BCUT2D eigenvalue weighted by Crippen LogP contribution is -2.28. The van der Waals surface area contributed by atoms with Crippen LogP contribution in [0.4, 0.5) is 5.69 Å². The van der Waals surface area contributed by atoms with Crippen LogP contribution in [0.1, 0.15) is 27.7 Å². The maximum absolute atomic E-state index is 11.9. The first-order valence-corrected chi connectivity index (χ1v) is 6.90. The molecule has 0 heterocycles. The second kappa shape index (κ2) is 5.85. The van der Waals surface area contributed by atoms with Gasteiger partial charge in [-0.1, -0.05) is 17.7 Å². The fourth-order valence-electron chi connectivity index (χ4n) is 1.26. The molecule has 1 aromatic rings. The van der Waals surface area contributed by atoms with Crippen LogP contribution in [0.15, 0.2) is 23.1 Å². The summed E-state index contributed by atoms with van der Waals surface area (Å²) in [5.74, 6) is -0.271. The lowest BCUT2D eigenvalue weighted by molar-refractivity contribution is -0.153. The molecule has 1 rings (SSSR count). The third-order valence-electron chi connectivity index (χ3n) is 2.03. The number of nitrogens with two attached hydrogens (primary N) is 1. The van der Waals surface area contributed by atoms with E-state index < -0.39 is 5.60 Å². The van der Waals surface area contributed by atoms with E-state index in [9.17, 15) is 4.79 Å². The number of thioether (sulfide) groups is 1. The summed E-state index contributed by atoms with van der Waals surface area (Å²) in [5, 5.41) is 0.196. The zero-order valence-corrected chi connectivity index (χ0v) is 12.6. The van der Waals surface area contributed by atoms with Crippen LogP contribution in [0, 0.1) is 0 Å². The highest BCUT2D eigenvalue weighted by Crippen LogP contribution is 2.35. The fourth-order valence-corrected chi connectivity index (χ4v) is 2.46. The first-order chi connectivity index (χ1) is 8.20. The number of ether oxygens (including phenoxy) is 1. The predicted octanol–water partition coefficient (Wildman–Crippen LogP) is 3.74. The molecule has 1 atom stereocenters. The number of hydrogen-bond acceptors (Lipinski definition) is 4. The zero-order chi connectivity index (χ0) is 13.9. The van der Waals surface area contributed by atoms with Crippen molar-refractivity contribution < 1.29 is 9.53 Å². The average molecular weight is 288 g/mol. The number of rotatable bonds is 3. The summed E-state index contributed by atoms with van der Waals surface area (Å²) in [5.41, 5.74) is 5.92. The number of benzene rings is 1. The van der Waals surface area contributed by atoms with Gasteiger partial charge in [0, 0.05) is 10.6 Å². The molecule has 5 heteroatoms. The summed E-state index contributed by atoms with van der Waals surface area (Å²) in [6.07, 6.45) is 0. The van der Waals surface area contributed by atoms with Gasteiger partial charge in [-0.15, -0.1) is 11.8 Å². The summed E-state index contributed by atoms with van der Waals surface area (Å²) in [6, 6.07) is 5.29. The van der Waals surface area contributed by atoms with Gasteiger partial charge in [0.25, 0.3) is 0 Å². The van der Waals surface area contributed by atoms with Crippen LogP contribution in [0.2, 0.25) is 5.02 Å². The second-order valence-corrected chi connectivity index (χ2v) is 6.71. The van der Waals surface area contributed by atoms with Gasteiger partial charge < -0.3 is 10.5 Å². The van der Waals surface area contributed by atoms with Crippen molar-refractivity contribution in [2.75, 3.05) is 5.73 Å². The van der Waals surface area contributed by atoms with Crippen LogP contribution in [-0.2, 0) is 9.53 Å². The third kappa shape index (κ3) is 4.42. The van der Waals surface area contributed by atoms with Gasteiger partial charge in [-0.3, -0.25) is 4.79 Å². The Hall–Kier alpha value is -0.870. The van der Waals surface area contributed by atoms with E-state index in [1.54, 1.807) is 25.1 Å². The first-order valence-electron chi connectivity index (χ1n) is 5.64. The van der Waals surface area contributed by atoms with E-state index in [0.29, 0.717) is 10.7 Å². The van der Waals surface area contributed by atoms with Gasteiger partial charge in [0.1, 0.15) is 10.9 Å². The maximum Gasteiger partial charge on any atom is 0.319 e. The fraction of sp³-hybridized carbons (Fsp3) is 0.462. The van der Waals surface area contributed by atoms with E-state index in [1.165, 1.54) is 11.8 Å². The van der Waals surface area contributed by atoms with Gasteiger partial charge in [0.15, 0.2) is 0 Å². The quantitative estimate of drug-likeness (QED) is 0.523. The highest BCUT2D eigenvalue weighted by atomic mass is 35.5. The molecule has 0 aliphatic heterocycles. The van der Waals surface area contributed by atoms with E-state index in [-0.39, 0.29) is 11.2 Å². The van der Waals surface area contributed by atoms with Gasteiger partial charge in [-0.05, 0) is 39.8 Å². The Morgan fingerprint density at radius 1 is 1.44 bits per heavy atom. The second-order valence-electron chi connectivity index (χ2n) is 4.95. The van der Waals surface area contributed by atoms with Gasteiger partial charge in [0.2, 0.25) is 0 Å². The predicted molar refractivity (Wildman–Crippen MR) is 77.0 cm³/mol. The van der Waals surface area contributed by atoms with Crippen LogP contribution in [-0.4, -0.2) is 16.8 Å². The molecule has 1 aromatic carbocycles. The van der Waals surface area contributed by atoms with Crippen LogP contribution < -0.4 is 5.73 Å². The van der Waals surface area contributed by atoms with Crippen molar-refractivity contribution in [3.8, 4) is 0 Å². The Balaban J connectivity index is 2.76. The Labute approximate surface area is 117 Å². The van der Waals surface area contributed by atoms with Crippen LogP contribution in [0.5, 0.6) is 0 Å². The van der Waals surface area contributed by atoms with E-state index in [2.05, 4.69) is 0 Å². The minimum atomic E-state index is -0.488. The number of hydrogen-bond donors (Lipinski definition) is 1. The van der Waals surface area contributed by atoms with E-state index >= 15 is 0 Å². The average Bonchev–Trinajstić information content (AvgIpc) is 2.21. The lowest BCUT2D eigenvalue weighted by atomic mass is 10.2. The smallest absolute Gasteiger partial charge is 0.319 e. The Kier molecular flexibility index (Phi) is 4.93. The van der Waals surface area contributed by atoms with Crippen LogP contribution in [0.25, 0.3) is 0 Å². The molecule has 1 unspecified atom stereocenters. The monoisotopic (exact) mass is 287 g/mol. The summed E-state index contributed by atoms with van der Waals surface area (Å²) >= 11 is 7.37. The Morgan fingerprint density at radius 2 is 2.06 bits per heavy atom. The summed E-state index contributed by atoms with van der Waals surface area (Å²) < 4.78 is 5.31. The molecule has 0 aliphatic carbocycles. The lowest BCUT2D eigenvalue weighted by Gasteiger charge is -2.22. The summed E-state index contributed by atoms with van der Waals surface area (Å²) in [6.45, 7) is 7.30. The molecular formula is C13H18ClNO2S. The zero-order valence-electron chi connectivity index (χ0n) is 11.0. The molecule has 0 radical (unpaired) electrons. The van der Waals surface area contributed by atoms with Crippen molar-refractivity contribution in [2.45, 2.75) is 43.4 Å². The van der Waals surface area contributed by atoms with Gasteiger partial charge >= 0.3 is 5.97 Å². The highest BCUT2D eigenvalue weighted by molar-refractivity contribution is 8.00. The molecule has 2 N–H and O–H groups in total. The molecule has 18 heavy (non-hydrogen) atoms. The number of halogens is 1. The molecular weight excluding hydrogens is 270 g/mol. The van der Waals surface area contributed by atoms with Crippen LogP contribution in [0.3, 0.4) is 0 Å². The van der Waals surface area contributed by atoms with Crippen molar-refractivity contribution in [2.24, 2.45) is 0 Å². The topological polar surface area (TPSA) is 52.3 Å². The normalized spacial score (nSPS) is 13.2. The van der Waals surface area contributed by atoms with Crippen molar-refractivity contribution in [3.05, 3.63) is 23.2 Å². The molecule has 0 saturated carbocycles. The van der Waals surface area contributed by atoms with Crippen LogP contribution >= 0.6 is 23.4 Å². The van der Waals surface area contributed by atoms with E-state index in [4.69, 9.17) is 22.1 Å². The molecule has 100 valence electrons. The van der Waals surface area contributed by atoms with E-state index in [0.717, 1.165) is 4.90 Å². The summed E-state index contributed by atoms with van der Waals surface area (Å²) in [7, 11) is 0. The minimum absolute atomic E-state index is 0.271. The van der Waals surface area contributed by atoms with E-state index in [1.807, 2.05) is 20.8 Å². The third-order valence-corrected chi connectivity index (χ3v) is 3.70. The molecule has 0 saturated heterocycles. The van der Waals surface area contributed by atoms with Gasteiger partial charge in [-0.2, -0.15) is 0 Å². The van der Waals surface area contributed by atoms with Crippen molar-refractivity contribution >= 4 is 35.0 Å². The largest absolute Gasteiger partial charge is 0.459 e. The molecule has 3 nitrogen and oxygen atoms in total. The Bertz CT molecular complexity index is 423. The number of nitrogen functional groups attached to an aromatic ring is 1. The maximum atomic E-state index is 11.9. The molecule has 0 aliphatic rings. The first kappa shape index (κ1) is 15.2. The number of carbonyl (C=O) groups is 1. The SMILES string of the molecule is CC(Sc1c(N)cccc1Cl)C(=O)OC(C)(C)C. The molecule has 0 aromatic heterocycles. The molecule has 0 bridgehead atoms. The highest BCUT2D eigenvalue weighted by Gasteiger charge is 2.23. The number of carbonyl (C=O) groups excluding carboxylic acids is 1. The standard InChI is InChI=1S/C13H18ClNO2S/c1-8(12(16)17-13(2,3)4)18-11-9(14)6-5-7-10(11)15/h5-8H,15H2,1-4H3.